The van der Waals surface area contributed by atoms with Gasteiger partial charge in [-0.15, -0.1) is 0 Å². The fourth-order valence-corrected chi connectivity index (χ4v) is 4.63. The predicted octanol–water partition coefficient (Wildman–Crippen LogP) is 3.46. The Morgan fingerprint density at radius 3 is 2.88 bits per heavy atom. The molecule has 4 unspecified atom stereocenters. The molecule has 0 radical (unpaired) electrons. The van der Waals surface area contributed by atoms with E-state index in [0.717, 1.165) is 12.3 Å². The summed E-state index contributed by atoms with van der Waals surface area (Å²) in [5, 5.41) is 0. The van der Waals surface area contributed by atoms with E-state index in [-0.39, 0.29) is 11.6 Å². The summed E-state index contributed by atoms with van der Waals surface area (Å²) < 4.78 is 5.96. The lowest BCUT2D eigenvalue weighted by Gasteiger charge is -2.46. The summed E-state index contributed by atoms with van der Waals surface area (Å²) in [5.74, 6) is 1.96. The number of carbonyl (C=O) groups is 1. The van der Waals surface area contributed by atoms with Gasteiger partial charge in [0.1, 0.15) is 5.60 Å². The second-order valence-corrected chi connectivity index (χ2v) is 6.25. The first-order valence-electron chi connectivity index (χ1n) is 7.02. The molecule has 2 heteroatoms. The van der Waals surface area contributed by atoms with Crippen LogP contribution in [0.15, 0.2) is 12.2 Å². The minimum atomic E-state index is -0.163. The molecule has 0 amide bonds. The first-order valence-corrected chi connectivity index (χ1v) is 7.02. The minimum Gasteiger partial charge on any atom is -0.455 e. The highest BCUT2D eigenvalue weighted by Crippen LogP contribution is 2.61. The van der Waals surface area contributed by atoms with Crippen LogP contribution in [0.3, 0.4) is 0 Å². The number of carbonyl (C=O) groups excluding carboxylic acids is 1. The van der Waals surface area contributed by atoms with Crippen molar-refractivity contribution >= 4 is 5.97 Å². The van der Waals surface area contributed by atoms with Gasteiger partial charge >= 0.3 is 5.97 Å². The maximum absolute atomic E-state index is 11.9. The van der Waals surface area contributed by atoms with E-state index in [0.29, 0.717) is 17.4 Å². The van der Waals surface area contributed by atoms with Gasteiger partial charge in [-0.2, -0.15) is 0 Å². The van der Waals surface area contributed by atoms with Crippen molar-refractivity contribution in [3.63, 3.8) is 0 Å². The molecular formula is C15H22O2. The van der Waals surface area contributed by atoms with Crippen molar-refractivity contribution in [2.45, 2.75) is 57.5 Å². The quantitative estimate of drug-likeness (QED) is 0.540. The first-order chi connectivity index (χ1) is 8.13. The summed E-state index contributed by atoms with van der Waals surface area (Å²) in [6, 6.07) is 0. The number of rotatable bonds is 2. The van der Waals surface area contributed by atoms with Crippen LogP contribution in [0.1, 0.15) is 51.9 Å². The van der Waals surface area contributed by atoms with E-state index in [1.165, 1.54) is 38.5 Å². The van der Waals surface area contributed by atoms with Crippen molar-refractivity contribution in [3.05, 3.63) is 12.2 Å². The largest absolute Gasteiger partial charge is 0.455 e. The topological polar surface area (TPSA) is 26.3 Å². The molecule has 4 atom stereocenters. The van der Waals surface area contributed by atoms with Gasteiger partial charge in [0.2, 0.25) is 0 Å². The lowest BCUT2D eigenvalue weighted by atomic mass is 9.67. The zero-order valence-corrected chi connectivity index (χ0v) is 10.7. The van der Waals surface area contributed by atoms with Gasteiger partial charge in [0.25, 0.3) is 0 Å². The summed E-state index contributed by atoms with van der Waals surface area (Å²) >= 11 is 0. The summed E-state index contributed by atoms with van der Waals surface area (Å²) in [7, 11) is 0. The van der Waals surface area contributed by atoms with Crippen molar-refractivity contribution in [2.75, 3.05) is 0 Å². The van der Waals surface area contributed by atoms with E-state index in [1.807, 2.05) is 0 Å². The molecule has 0 aromatic rings. The zero-order chi connectivity index (χ0) is 12.0. The van der Waals surface area contributed by atoms with Gasteiger partial charge in [-0.25, -0.2) is 4.79 Å². The minimum absolute atomic E-state index is 0.1000. The van der Waals surface area contributed by atoms with Gasteiger partial charge in [-0.1, -0.05) is 13.0 Å². The van der Waals surface area contributed by atoms with Crippen molar-refractivity contribution in [1.82, 2.24) is 0 Å². The maximum Gasteiger partial charge on any atom is 0.333 e. The standard InChI is InChI=1S/C15H22O2/c1-10(2)14(16)17-15-8-4-3-5-13(15)11-6-7-12(15)9-11/h11-13H,1,3-9H2,2H3. The Kier molecular flexibility index (Phi) is 2.57. The fraction of sp³-hybridized carbons (Fsp3) is 0.800. The van der Waals surface area contributed by atoms with Crippen molar-refractivity contribution in [1.29, 1.82) is 0 Å². The Balaban J connectivity index is 1.86. The van der Waals surface area contributed by atoms with Crippen LogP contribution >= 0.6 is 0 Å². The van der Waals surface area contributed by atoms with E-state index >= 15 is 0 Å². The van der Waals surface area contributed by atoms with E-state index < -0.39 is 0 Å². The van der Waals surface area contributed by atoms with Crippen LogP contribution in [0, 0.1) is 17.8 Å². The highest BCUT2D eigenvalue weighted by atomic mass is 16.6. The molecule has 94 valence electrons. The van der Waals surface area contributed by atoms with Crippen molar-refractivity contribution < 1.29 is 9.53 Å². The van der Waals surface area contributed by atoms with Crippen molar-refractivity contribution in [2.24, 2.45) is 17.8 Å². The molecule has 3 fully saturated rings. The van der Waals surface area contributed by atoms with E-state index in [2.05, 4.69) is 6.58 Å². The van der Waals surface area contributed by atoms with Crippen LogP contribution in [0.25, 0.3) is 0 Å². The lowest BCUT2D eigenvalue weighted by molar-refractivity contribution is -0.174. The van der Waals surface area contributed by atoms with Crippen LogP contribution in [-0.2, 0) is 9.53 Å². The summed E-state index contributed by atoms with van der Waals surface area (Å²) in [6.45, 7) is 5.47. The molecule has 0 heterocycles. The average molecular weight is 234 g/mol. The van der Waals surface area contributed by atoms with Gasteiger partial charge in [-0.3, -0.25) is 0 Å². The van der Waals surface area contributed by atoms with E-state index in [1.54, 1.807) is 6.92 Å². The third-order valence-corrected chi connectivity index (χ3v) is 5.32. The molecule has 0 saturated heterocycles. The second kappa shape index (κ2) is 3.86. The summed E-state index contributed by atoms with van der Waals surface area (Å²) in [4.78, 5) is 11.9. The summed E-state index contributed by atoms with van der Waals surface area (Å²) in [5.41, 5.74) is 0.448. The van der Waals surface area contributed by atoms with Gasteiger partial charge in [0, 0.05) is 11.5 Å². The molecule has 17 heavy (non-hydrogen) atoms. The van der Waals surface area contributed by atoms with Gasteiger partial charge < -0.3 is 4.74 Å². The number of fused-ring (bicyclic) bond motifs is 5. The molecule has 3 rings (SSSR count). The smallest absolute Gasteiger partial charge is 0.333 e. The highest BCUT2D eigenvalue weighted by molar-refractivity contribution is 5.87. The zero-order valence-electron chi connectivity index (χ0n) is 10.7. The maximum atomic E-state index is 11.9. The average Bonchev–Trinajstić information content (AvgIpc) is 2.88. The Morgan fingerprint density at radius 2 is 2.12 bits per heavy atom. The van der Waals surface area contributed by atoms with Crippen LogP contribution in [0.2, 0.25) is 0 Å². The Hall–Kier alpha value is -0.790. The SMILES string of the molecule is C=C(C)C(=O)OC12CCCCC1C1CCC2C1. The van der Waals surface area contributed by atoms with Gasteiger partial charge in [0.05, 0.1) is 0 Å². The molecule has 0 aliphatic heterocycles. The van der Waals surface area contributed by atoms with Gasteiger partial charge in [-0.05, 0) is 57.3 Å². The third-order valence-electron chi connectivity index (χ3n) is 5.32. The van der Waals surface area contributed by atoms with Crippen LogP contribution < -0.4 is 0 Å². The van der Waals surface area contributed by atoms with Crippen LogP contribution in [-0.4, -0.2) is 11.6 Å². The number of esters is 1. The summed E-state index contributed by atoms with van der Waals surface area (Å²) in [6.07, 6.45) is 8.84. The molecule has 3 saturated carbocycles. The van der Waals surface area contributed by atoms with Gasteiger partial charge in [0.15, 0.2) is 0 Å². The number of hydrogen-bond acceptors (Lipinski definition) is 2. The normalized spacial score (nSPS) is 43.2. The molecular weight excluding hydrogens is 212 g/mol. The fourth-order valence-electron chi connectivity index (χ4n) is 4.63. The molecule has 3 aliphatic carbocycles. The van der Waals surface area contributed by atoms with Crippen LogP contribution in [0.5, 0.6) is 0 Å². The van der Waals surface area contributed by atoms with E-state index in [4.69, 9.17) is 4.74 Å². The molecule has 0 aromatic carbocycles. The van der Waals surface area contributed by atoms with Crippen molar-refractivity contribution in [3.8, 4) is 0 Å². The Morgan fingerprint density at radius 1 is 1.29 bits per heavy atom. The Labute approximate surface area is 103 Å². The lowest BCUT2D eigenvalue weighted by Crippen LogP contribution is -2.49. The monoisotopic (exact) mass is 234 g/mol. The molecule has 0 spiro atoms. The second-order valence-electron chi connectivity index (χ2n) is 6.25. The predicted molar refractivity (Wildman–Crippen MR) is 66.4 cm³/mol. The first kappa shape index (κ1) is 11.3. The number of hydrogen-bond donors (Lipinski definition) is 0. The molecule has 2 nitrogen and oxygen atoms in total. The molecule has 2 bridgehead atoms. The molecule has 3 aliphatic rings. The highest BCUT2D eigenvalue weighted by Gasteiger charge is 2.60. The van der Waals surface area contributed by atoms with E-state index in [9.17, 15) is 4.79 Å². The third kappa shape index (κ3) is 1.56. The Bertz CT molecular complexity index is 360. The molecule has 0 N–H and O–H groups in total. The number of ether oxygens (including phenoxy) is 1. The van der Waals surface area contributed by atoms with Crippen LogP contribution in [0.4, 0.5) is 0 Å². The molecule has 0 aromatic heterocycles.